The molecule has 1 fully saturated rings. The molecular weight excluding hydrogens is 204 g/mol. The lowest BCUT2D eigenvalue weighted by atomic mass is 10.2. The van der Waals surface area contributed by atoms with Crippen LogP contribution in [-0.4, -0.2) is 48.2 Å². The van der Waals surface area contributed by atoms with Crippen LogP contribution in [0.15, 0.2) is 0 Å². The van der Waals surface area contributed by atoms with Crippen molar-refractivity contribution in [2.24, 2.45) is 0 Å². The number of aliphatic hydroxyl groups excluding tert-OH is 1. The van der Waals surface area contributed by atoms with Crippen molar-refractivity contribution in [2.45, 2.75) is 45.1 Å². The van der Waals surface area contributed by atoms with E-state index >= 15 is 0 Å². The first-order chi connectivity index (χ1) is 7.77. The van der Waals surface area contributed by atoms with Gasteiger partial charge in [-0.25, -0.2) is 0 Å². The van der Waals surface area contributed by atoms with Crippen LogP contribution in [0.1, 0.15) is 39.0 Å². The van der Waals surface area contributed by atoms with Gasteiger partial charge in [-0.3, -0.25) is 4.79 Å². The Morgan fingerprint density at radius 3 is 2.94 bits per heavy atom. The van der Waals surface area contributed by atoms with Crippen molar-refractivity contribution in [1.82, 2.24) is 10.2 Å². The minimum Gasteiger partial charge on any atom is -0.395 e. The molecule has 1 aliphatic rings. The number of hydrogen-bond acceptors (Lipinski definition) is 3. The molecule has 16 heavy (non-hydrogen) atoms. The Hall–Kier alpha value is -0.610. The highest BCUT2D eigenvalue weighted by atomic mass is 16.3. The van der Waals surface area contributed by atoms with Crippen LogP contribution in [0, 0.1) is 0 Å². The summed E-state index contributed by atoms with van der Waals surface area (Å²) in [7, 11) is 0. The lowest BCUT2D eigenvalue weighted by Crippen LogP contribution is -2.42. The number of nitrogens with zero attached hydrogens (tertiary/aromatic N) is 1. The average molecular weight is 228 g/mol. The van der Waals surface area contributed by atoms with E-state index in [9.17, 15) is 4.79 Å². The molecular formula is C12H24N2O2. The van der Waals surface area contributed by atoms with Crippen molar-refractivity contribution in [1.29, 1.82) is 0 Å². The van der Waals surface area contributed by atoms with E-state index in [4.69, 9.17) is 5.11 Å². The van der Waals surface area contributed by atoms with Crippen LogP contribution in [0.3, 0.4) is 0 Å². The van der Waals surface area contributed by atoms with Gasteiger partial charge in [-0.05, 0) is 25.8 Å². The van der Waals surface area contributed by atoms with Crippen molar-refractivity contribution in [3.05, 3.63) is 0 Å². The molecule has 0 aromatic carbocycles. The van der Waals surface area contributed by atoms with Gasteiger partial charge in [0.1, 0.15) is 0 Å². The number of rotatable bonds is 7. The summed E-state index contributed by atoms with van der Waals surface area (Å²) in [5, 5.41) is 12.4. The Bertz CT molecular complexity index is 203. The Morgan fingerprint density at radius 2 is 2.38 bits per heavy atom. The lowest BCUT2D eigenvalue weighted by molar-refractivity contribution is -0.132. The van der Waals surface area contributed by atoms with Gasteiger partial charge in [0, 0.05) is 25.6 Å². The third-order valence-corrected chi connectivity index (χ3v) is 3.07. The molecule has 1 atom stereocenters. The molecule has 0 aromatic rings. The van der Waals surface area contributed by atoms with Crippen LogP contribution >= 0.6 is 0 Å². The smallest absolute Gasteiger partial charge is 0.222 e. The number of aliphatic hydroxyl groups is 1. The maximum absolute atomic E-state index is 11.9. The van der Waals surface area contributed by atoms with Crippen LogP contribution in [-0.2, 0) is 4.79 Å². The minimum atomic E-state index is 0.0601. The molecule has 0 radical (unpaired) electrons. The predicted octanol–water partition coefficient (Wildman–Crippen LogP) is 0.750. The number of carbonyl (C=O) groups is 1. The van der Waals surface area contributed by atoms with Gasteiger partial charge >= 0.3 is 0 Å². The molecule has 0 aromatic heterocycles. The van der Waals surface area contributed by atoms with Crippen molar-refractivity contribution in [3.8, 4) is 0 Å². The second-order valence-electron chi connectivity index (χ2n) is 4.46. The maximum Gasteiger partial charge on any atom is 0.222 e. The van der Waals surface area contributed by atoms with E-state index in [1.807, 2.05) is 0 Å². The standard InChI is InChI=1S/C12H24N2O2/c1-2-3-6-12(16)14(8-9-15)10-11-5-4-7-13-11/h11,13,15H,2-10H2,1H3. The molecule has 4 heteroatoms. The largest absolute Gasteiger partial charge is 0.395 e. The molecule has 1 heterocycles. The first-order valence-corrected chi connectivity index (χ1v) is 6.40. The summed E-state index contributed by atoms with van der Waals surface area (Å²) >= 11 is 0. The van der Waals surface area contributed by atoms with Crippen molar-refractivity contribution >= 4 is 5.91 Å². The first kappa shape index (κ1) is 13.5. The molecule has 1 aliphatic heterocycles. The molecule has 0 spiro atoms. The Balaban J connectivity index is 2.35. The molecule has 1 amide bonds. The van der Waals surface area contributed by atoms with E-state index in [0.29, 0.717) is 19.0 Å². The highest BCUT2D eigenvalue weighted by Gasteiger charge is 2.20. The molecule has 0 aliphatic carbocycles. The van der Waals surface area contributed by atoms with E-state index in [1.54, 1.807) is 4.90 Å². The average Bonchev–Trinajstić information content (AvgIpc) is 2.78. The number of amides is 1. The summed E-state index contributed by atoms with van der Waals surface area (Å²) in [6.45, 7) is 4.43. The van der Waals surface area contributed by atoms with Crippen LogP contribution in [0.4, 0.5) is 0 Å². The fourth-order valence-electron chi connectivity index (χ4n) is 2.10. The van der Waals surface area contributed by atoms with Crippen molar-refractivity contribution < 1.29 is 9.90 Å². The molecule has 1 unspecified atom stereocenters. The second-order valence-corrected chi connectivity index (χ2v) is 4.46. The van der Waals surface area contributed by atoms with E-state index in [0.717, 1.165) is 32.4 Å². The third kappa shape index (κ3) is 4.49. The molecule has 0 bridgehead atoms. The van der Waals surface area contributed by atoms with Crippen LogP contribution < -0.4 is 5.32 Å². The van der Waals surface area contributed by atoms with Gasteiger partial charge in [-0.1, -0.05) is 13.3 Å². The fraction of sp³-hybridized carbons (Fsp3) is 0.917. The van der Waals surface area contributed by atoms with Gasteiger partial charge in [-0.15, -0.1) is 0 Å². The monoisotopic (exact) mass is 228 g/mol. The van der Waals surface area contributed by atoms with E-state index < -0.39 is 0 Å². The molecule has 1 rings (SSSR count). The Kier molecular flexibility index (Phi) is 6.42. The minimum absolute atomic E-state index is 0.0601. The van der Waals surface area contributed by atoms with Crippen LogP contribution in [0.25, 0.3) is 0 Å². The van der Waals surface area contributed by atoms with E-state index in [2.05, 4.69) is 12.2 Å². The summed E-state index contributed by atoms with van der Waals surface area (Å²) in [5.74, 6) is 0.185. The number of hydrogen-bond donors (Lipinski definition) is 2. The molecule has 1 saturated heterocycles. The summed E-state index contributed by atoms with van der Waals surface area (Å²) in [4.78, 5) is 13.7. The second kappa shape index (κ2) is 7.63. The number of unbranched alkanes of at least 4 members (excludes halogenated alkanes) is 1. The number of carbonyl (C=O) groups excluding carboxylic acids is 1. The lowest BCUT2D eigenvalue weighted by Gasteiger charge is -2.25. The first-order valence-electron chi connectivity index (χ1n) is 6.40. The van der Waals surface area contributed by atoms with Gasteiger partial charge in [0.05, 0.1) is 6.61 Å². The molecule has 0 saturated carbocycles. The quantitative estimate of drug-likeness (QED) is 0.676. The van der Waals surface area contributed by atoms with Crippen molar-refractivity contribution in [3.63, 3.8) is 0 Å². The zero-order valence-corrected chi connectivity index (χ0v) is 10.2. The van der Waals surface area contributed by atoms with Gasteiger partial charge in [0.25, 0.3) is 0 Å². The van der Waals surface area contributed by atoms with Crippen LogP contribution in [0.2, 0.25) is 0 Å². The topological polar surface area (TPSA) is 52.6 Å². The molecule has 94 valence electrons. The van der Waals surface area contributed by atoms with Gasteiger partial charge in [-0.2, -0.15) is 0 Å². The normalized spacial score (nSPS) is 20.0. The number of nitrogens with one attached hydrogen (secondary N) is 1. The Labute approximate surface area is 98.0 Å². The maximum atomic E-state index is 11.9. The third-order valence-electron chi connectivity index (χ3n) is 3.07. The van der Waals surface area contributed by atoms with Crippen LogP contribution in [0.5, 0.6) is 0 Å². The van der Waals surface area contributed by atoms with Gasteiger partial charge in [0.15, 0.2) is 0 Å². The molecule has 4 nitrogen and oxygen atoms in total. The van der Waals surface area contributed by atoms with E-state index in [-0.39, 0.29) is 12.5 Å². The zero-order valence-electron chi connectivity index (χ0n) is 10.2. The highest BCUT2D eigenvalue weighted by molar-refractivity contribution is 5.76. The van der Waals surface area contributed by atoms with Gasteiger partial charge in [0.2, 0.25) is 5.91 Å². The van der Waals surface area contributed by atoms with Gasteiger partial charge < -0.3 is 15.3 Å². The molecule has 2 N–H and O–H groups in total. The van der Waals surface area contributed by atoms with Crippen molar-refractivity contribution in [2.75, 3.05) is 26.2 Å². The summed E-state index contributed by atoms with van der Waals surface area (Å²) in [5.41, 5.74) is 0. The summed E-state index contributed by atoms with van der Waals surface area (Å²) in [6.07, 6.45) is 4.94. The fourth-order valence-corrected chi connectivity index (χ4v) is 2.10. The summed E-state index contributed by atoms with van der Waals surface area (Å²) < 4.78 is 0. The SMILES string of the molecule is CCCCC(=O)N(CCO)CC1CCCN1. The highest BCUT2D eigenvalue weighted by Crippen LogP contribution is 2.08. The predicted molar refractivity (Wildman–Crippen MR) is 64.2 cm³/mol. The Morgan fingerprint density at radius 1 is 1.56 bits per heavy atom. The summed E-state index contributed by atoms with van der Waals surface area (Å²) in [6, 6.07) is 0.428. The zero-order chi connectivity index (χ0) is 11.8. The van der Waals surface area contributed by atoms with E-state index in [1.165, 1.54) is 6.42 Å².